The molecule has 0 spiro atoms. The molecule has 128 valence electrons. The number of aromatic amines is 1. The number of nitrogens with one attached hydrogen (secondary N) is 1. The fraction of sp³-hybridized carbons (Fsp3) is 0.412. The molecule has 3 rings (SSSR count). The lowest BCUT2D eigenvalue weighted by Gasteiger charge is -2.34. The third-order valence-corrected chi connectivity index (χ3v) is 5.40. The number of anilines is 1. The van der Waals surface area contributed by atoms with E-state index in [-0.39, 0.29) is 5.56 Å². The number of likely N-dealkylation sites (N-methyl/N-ethyl adjacent to an activating group) is 1. The van der Waals surface area contributed by atoms with Crippen molar-refractivity contribution in [2.45, 2.75) is 17.6 Å². The number of nitrogens with zero attached hydrogens (tertiary/aromatic N) is 3. The van der Waals surface area contributed by atoms with Crippen LogP contribution in [0.4, 0.5) is 5.95 Å². The third kappa shape index (κ3) is 4.53. The summed E-state index contributed by atoms with van der Waals surface area (Å²) in [5.74, 6) is 1.35. The molecular formula is C17H21ClN4OS. The van der Waals surface area contributed by atoms with Crippen molar-refractivity contribution in [2.24, 2.45) is 0 Å². The number of piperazine rings is 1. The highest BCUT2D eigenvalue weighted by molar-refractivity contribution is 7.98. The van der Waals surface area contributed by atoms with Gasteiger partial charge >= 0.3 is 0 Å². The predicted molar refractivity (Wildman–Crippen MR) is 100 cm³/mol. The van der Waals surface area contributed by atoms with Gasteiger partial charge in [0.2, 0.25) is 5.95 Å². The summed E-state index contributed by atoms with van der Waals surface area (Å²) in [5.41, 5.74) is 0.705. The minimum absolute atomic E-state index is 0.0929. The lowest BCUT2D eigenvalue weighted by atomic mass is 10.3. The summed E-state index contributed by atoms with van der Waals surface area (Å²) >= 11 is 7.55. The highest BCUT2D eigenvalue weighted by Gasteiger charge is 2.18. The maximum atomic E-state index is 12.0. The first-order chi connectivity index (χ1) is 11.6. The number of halogens is 1. The van der Waals surface area contributed by atoms with Gasteiger partial charge in [0.1, 0.15) is 0 Å². The smallest absolute Gasteiger partial charge is 0.252 e. The van der Waals surface area contributed by atoms with Gasteiger partial charge in [-0.05, 0) is 30.8 Å². The number of aromatic nitrogens is 2. The van der Waals surface area contributed by atoms with Crippen LogP contribution in [0.5, 0.6) is 0 Å². The Kier molecular flexibility index (Phi) is 5.81. The van der Waals surface area contributed by atoms with Crippen LogP contribution in [0.15, 0.2) is 40.0 Å². The van der Waals surface area contributed by atoms with Gasteiger partial charge < -0.3 is 9.80 Å². The van der Waals surface area contributed by atoms with Crippen molar-refractivity contribution in [3.8, 4) is 0 Å². The number of rotatable bonds is 5. The van der Waals surface area contributed by atoms with Crippen molar-refractivity contribution in [3.63, 3.8) is 0 Å². The lowest BCUT2D eigenvalue weighted by Crippen LogP contribution is -2.47. The molecule has 1 N–H and O–H groups in total. The average molecular weight is 365 g/mol. The maximum Gasteiger partial charge on any atom is 0.252 e. The zero-order valence-electron chi connectivity index (χ0n) is 13.7. The Morgan fingerprint density at radius 2 is 1.92 bits per heavy atom. The molecule has 0 bridgehead atoms. The molecule has 24 heavy (non-hydrogen) atoms. The van der Waals surface area contributed by atoms with Crippen LogP contribution in [0.25, 0.3) is 0 Å². The fourth-order valence-electron chi connectivity index (χ4n) is 2.68. The van der Waals surface area contributed by atoms with E-state index < -0.39 is 0 Å². The summed E-state index contributed by atoms with van der Waals surface area (Å²) < 4.78 is 0. The number of benzene rings is 1. The topological polar surface area (TPSA) is 52.2 Å². The number of hydrogen-bond donors (Lipinski definition) is 1. The first-order valence-electron chi connectivity index (χ1n) is 8.10. The highest BCUT2D eigenvalue weighted by Crippen LogP contribution is 2.23. The van der Waals surface area contributed by atoms with Crippen molar-refractivity contribution in [1.29, 1.82) is 0 Å². The predicted octanol–water partition coefficient (Wildman–Crippen LogP) is 2.86. The molecule has 7 heteroatoms. The van der Waals surface area contributed by atoms with Crippen LogP contribution in [0.1, 0.15) is 12.6 Å². The van der Waals surface area contributed by atoms with Crippen LogP contribution in [0, 0.1) is 0 Å². The molecule has 1 aromatic carbocycles. The molecular weight excluding hydrogens is 344 g/mol. The van der Waals surface area contributed by atoms with Crippen molar-refractivity contribution in [1.82, 2.24) is 14.9 Å². The number of thioether (sulfide) groups is 1. The summed E-state index contributed by atoms with van der Waals surface area (Å²) in [4.78, 5) is 25.2. The second-order valence-corrected chi connectivity index (χ2v) is 7.21. The van der Waals surface area contributed by atoms with E-state index in [1.54, 1.807) is 17.8 Å². The van der Waals surface area contributed by atoms with Crippen LogP contribution >= 0.6 is 23.4 Å². The monoisotopic (exact) mass is 364 g/mol. The van der Waals surface area contributed by atoms with Gasteiger partial charge in [0, 0.05) is 47.9 Å². The molecule has 1 aliphatic rings. The Balaban J connectivity index is 1.67. The average Bonchev–Trinajstić information content (AvgIpc) is 2.61. The highest BCUT2D eigenvalue weighted by atomic mass is 35.5. The van der Waals surface area contributed by atoms with Crippen molar-refractivity contribution in [2.75, 3.05) is 37.6 Å². The van der Waals surface area contributed by atoms with E-state index in [0.29, 0.717) is 11.7 Å². The van der Waals surface area contributed by atoms with Crippen LogP contribution in [0.3, 0.4) is 0 Å². The molecule has 1 fully saturated rings. The Hall–Kier alpha value is -1.50. The molecule has 0 unspecified atom stereocenters. The van der Waals surface area contributed by atoms with Crippen molar-refractivity contribution < 1.29 is 0 Å². The Bertz CT molecular complexity index is 726. The SMILES string of the molecule is CCN1CCN(c2nc(CSc3ccc(Cl)cc3)cc(=O)[nH]2)CC1. The van der Waals surface area contributed by atoms with Gasteiger partial charge in [0.15, 0.2) is 0 Å². The van der Waals surface area contributed by atoms with E-state index in [9.17, 15) is 4.79 Å². The minimum Gasteiger partial charge on any atom is -0.340 e. The Morgan fingerprint density at radius 1 is 1.21 bits per heavy atom. The van der Waals surface area contributed by atoms with E-state index in [2.05, 4.69) is 26.7 Å². The van der Waals surface area contributed by atoms with E-state index in [4.69, 9.17) is 11.6 Å². The second-order valence-electron chi connectivity index (χ2n) is 5.72. The van der Waals surface area contributed by atoms with Crippen LogP contribution in [-0.2, 0) is 5.75 Å². The van der Waals surface area contributed by atoms with Crippen LogP contribution < -0.4 is 10.5 Å². The minimum atomic E-state index is -0.0929. The summed E-state index contributed by atoms with van der Waals surface area (Å²) in [5, 5.41) is 0.724. The Labute approximate surface area is 151 Å². The standard InChI is InChI=1S/C17H21ClN4OS/c1-2-21-7-9-22(10-8-21)17-19-14(11-16(23)20-17)12-24-15-5-3-13(18)4-6-15/h3-6,11H,2,7-10,12H2,1H3,(H,19,20,23). The molecule has 0 radical (unpaired) electrons. The summed E-state index contributed by atoms with van der Waals surface area (Å²) in [6, 6.07) is 9.27. The summed E-state index contributed by atoms with van der Waals surface area (Å²) in [7, 11) is 0. The van der Waals surface area contributed by atoms with Crippen molar-refractivity contribution in [3.05, 3.63) is 51.4 Å². The Morgan fingerprint density at radius 3 is 2.58 bits per heavy atom. The molecule has 1 aliphatic heterocycles. The third-order valence-electron chi connectivity index (χ3n) is 4.10. The second kappa shape index (κ2) is 8.05. The molecule has 2 heterocycles. The van der Waals surface area contributed by atoms with Crippen LogP contribution in [0.2, 0.25) is 5.02 Å². The molecule has 0 saturated carbocycles. The molecule has 1 aromatic heterocycles. The van der Waals surface area contributed by atoms with Gasteiger partial charge in [0.05, 0.1) is 5.69 Å². The molecule has 0 atom stereocenters. The normalized spacial score (nSPS) is 15.7. The quantitative estimate of drug-likeness (QED) is 0.827. The zero-order chi connectivity index (χ0) is 16.9. The zero-order valence-corrected chi connectivity index (χ0v) is 15.2. The van der Waals surface area contributed by atoms with Gasteiger partial charge in [-0.25, -0.2) is 4.98 Å². The van der Waals surface area contributed by atoms with Gasteiger partial charge in [-0.3, -0.25) is 9.78 Å². The molecule has 0 amide bonds. The summed E-state index contributed by atoms with van der Waals surface area (Å²) in [6.45, 7) is 7.03. The van der Waals surface area contributed by atoms with Gasteiger partial charge in [-0.15, -0.1) is 11.8 Å². The largest absolute Gasteiger partial charge is 0.340 e. The first-order valence-corrected chi connectivity index (χ1v) is 9.46. The van der Waals surface area contributed by atoms with E-state index in [1.807, 2.05) is 24.3 Å². The number of H-pyrrole nitrogens is 1. The molecule has 2 aromatic rings. The fourth-order valence-corrected chi connectivity index (χ4v) is 3.60. The van der Waals surface area contributed by atoms with Gasteiger partial charge in [-0.1, -0.05) is 18.5 Å². The lowest BCUT2D eigenvalue weighted by molar-refractivity contribution is 0.270. The first kappa shape index (κ1) is 17.3. The van der Waals surface area contributed by atoms with Gasteiger partial charge in [-0.2, -0.15) is 0 Å². The molecule has 0 aliphatic carbocycles. The van der Waals surface area contributed by atoms with Crippen molar-refractivity contribution >= 4 is 29.3 Å². The van der Waals surface area contributed by atoms with E-state index in [1.165, 1.54) is 0 Å². The molecule has 1 saturated heterocycles. The van der Waals surface area contributed by atoms with E-state index >= 15 is 0 Å². The van der Waals surface area contributed by atoms with Gasteiger partial charge in [0.25, 0.3) is 5.56 Å². The summed E-state index contributed by atoms with van der Waals surface area (Å²) in [6.07, 6.45) is 0. The molecule has 5 nitrogen and oxygen atoms in total. The maximum absolute atomic E-state index is 12.0. The number of hydrogen-bond acceptors (Lipinski definition) is 5. The van der Waals surface area contributed by atoms with Crippen LogP contribution in [-0.4, -0.2) is 47.6 Å². The van der Waals surface area contributed by atoms with E-state index in [0.717, 1.165) is 48.3 Å².